The molecule has 0 spiro atoms. The lowest BCUT2D eigenvalue weighted by Crippen LogP contribution is -2.61. The molecule has 206 valence electrons. The second-order valence-electron chi connectivity index (χ2n) is 9.56. The fraction of sp³-hybridized carbons (Fsp3) is 0.727. The van der Waals surface area contributed by atoms with Gasteiger partial charge in [0.15, 0.2) is 0 Å². The van der Waals surface area contributed by atoms with Gasteiger partial charge in [0.05, 0.1) is 0 Å². The van der Waals surface area contributed by atoms with E-state index in [1.54, 1.807) is 6.92 Å². The highest BCUT2D eigenvalue weighted by Crippen LogP contribution is 2.52. The van der Waals surface area contributed by atoms with Gasteiger partial charge in [0, 0.05) is 0 Å². The topological polar surface area (TPSA) is 97.7 Å². The molecule has 0 aromatic heterocycles. The molecule has 2 aliphatic carbocycles. The maximum Gasteiger partial charge on any atom is 0.450 e. The number of aryl methyl sites for hydroxylation is 1. The molecule has 0 atom stereocenters. The van der Waals surface area contributed by atoms with Crippen LogP contribution in [0.5, 0.6) is 5.75 Å². The zero-order valence-corrected chi connectivity index (χ0v) is 21.1. The van der Waals surface area contributed by atoms with E-state index >= 15 is 0 Å². The Kier molecular flexibility index (Phi) is 8.04. The van der Waals surface area contributed by atoms with Crippen molar-refractivity contribution in [2.75, 3.05) is 0 Å². The first kappa shape index (κ1) is 29.0. The summed E-state index contributed by atoms with van der Waals surface area (Å²) in [5, 5.41) is -13.5. The van der Waals surface area contributed by atoms with Gasteiger partial charge in [0.1, 0.15) is 5.75 Å². The van der Waals surface area contributed by atoms with Crippen LogP contribution in [0, 0.1) is 6.92 Å². The SMILES string of the molecule is Cc1cc(C2CCCCC2)c(OS(=O)(=O)C(F)(F)C(F)(F)C(F)(F)S(=O)(=O)O)c(C2CCCCC2)c1. The molecule has 0 unspecified atom stereocenters. The summed E-state index contributed by atoms with van der Waals surface area (Å²) in [5.41, 5.74) is 1.08. The van der Waals surface area contributed by atoms with E-state index in [0.717, 1.165) is 38.5 Å². The van der Waals surface area contributed by atoms with Crippen LogP contribution in [0.4, 0.5) is 26.3 Å². The molecule has 0 amide bonds. The number of hydrogen-bond acceptors (Lipinski definition) is 5. The number of benzene rings is 1. The van der Waals surface area contributed by atoms with Crippen molar-refractivity contribution in [3.8, 4) is 5.75 Å². The van der Waals surface area contributed by atoms with Crippen LogP contribution in [0.3, 0.4) is 0 Å². The van der Waals surface area contributed by atoms with Gasteiger partial charge in [0.25, 0.3) is 0 Å². The molecule has 1 N–H and O–H groups in total. The third kappa shape index (κ3) is 5.09. The predicted molar refractivity (Wildman–Crippen MR) is 119 cm³/mol. The molecule has 36 heavy (non-hydrogen) atoms. The van der Waals surface area contributed by atoms with Crippen LogP contribution in [0.15, 0.2) is 12.1 Å². The summed E-state index contributed by atoms with van der Waals surface area (Å²) in [6.07, 6.45) is 6.99. The number of rotatable bonds is 8. The third-order valence-corrected chi connectivity index (χ3v) is 9.12. The van der Waals surface area contributed by atoms with Gasteiger partial charge in [-0.25, -0.2) is 0 Å². The Bertz CT molecular complexity index is 1130. The average molecular weight is 567 g/mol. The van der Waals surface area contributed by atoms with Gasteiger partial charge in [-0.3, -0.25) is 4.55 Å². The second kappa shape index (κ2) is 9.97. The summed E-state index contributed by atoms with van der Waals surface area (Å²) >= 11 is 0. The summed E-state index contributed by atoms with van der Waals surface area (Å²) in [6.45, 7) is 1.70. The second-order valence-corrected chi connectivity index (χ2v) is 12.6. The molecule has 0 bridgehead atoms. The lowest BCUT2D eigenvalue weighted by molar-refractivity contribution is -0.247. The normalized spacial score (nSPS) is 19.9. The molecule has 6 nitrogen and oxygen atoms in total. The van der Waals surface area contributed by atoms with Gasteiger partial charge in [0.2, 0.25) is 0 Å². The van der Waals surface area contributed by atoms with Crippen molar-refractivity contribution in [2.45, 2.75) is 99.4 Å². The standard InChI is InChI=1S/C22H28F6O6S2/c1-14-12-17(15-8-4-2-5-9-15)19(18(13-14)16-10-6-3-7-11-16)34-36(32,33)22(27,28)20(23,24)21(25,26)35(29,30)31/h12-13,15-16H,2-11H2,1H3,(H,29,30,31). The van der Waals surface area contributed by atoms with Crippen LogP contribution < -0.4 is 4.18 Å². The molecule has 0 heterocycles. The van der Waals surface area contributed by atoms with Crippen LogP contribution in [0.25, 0.3) is 0 Å². The van der Waals surface area contributed by atoms with E-state index in [4.69, 9.17) is 4.55 Å². The summed E-state index contributed by atoms with van der Waals surface area (Å²) in [7, 11) is -14.0. The van der Waals surface area contributed by atoms with E-state index in [1.165, 1.54) is 12.1 Å². The Morgan fingerprint density at radius 3 is 1.50 bits per heavy atom. The molecule has 2 aliphatic rings. The van der Waals surface area contributed by atoms with Crippen molar-refractivity contribution in [3.05, 3.63) is 28.8 Å². The van der Waals surface area contributed by atoms with Crippen LogP contribution in [0.1, 0.15) is 92.7 Å². The van der Waals surface area contributed by atoms with Crippen LogP contribution in [0.2, 0.25) is 0 Å². The average Bonchev–Trinajstić information content (AvgIpc) is 2.79. The number of alkyl halides is 6. The van der Waals surface area contributed by atoms with E-state index < -0.39 is 42.4 Å². The summed E-state index contributed by atoms with van der Waals surface area (Å²) in [5.74, 6) is -8.31. The quantitative estimate of drug-likeness (QED) is 0.219. The molecule has 3 rings (SSSR count). The lowest BCUT2D eigenvalue weighted by Gasteiger charge is -2.32. The van der Waals surface area contributed by atoms with E-state index in [2.05, 4.69) is 4.18 Å². The van der Waals surface area contributed by atoms with Crippen molar-refractivity contribution in [3.63, 3.8) is 0 Å². The predicted octanol–water partition coefficient (Wildman–Crippen LogP) is 6.51. The van der Waals surface area contributed by atoms with Crippen molar-refractivity contribution < 1.29 is 51.9 Å². The summed E-state index contributed by atoms with van der Waals surface area (Å²) in [4.78, 5) is 0. The van der Waals surface area contributed by atoms with Crippen LogP contribution in [-0.4, -0.2) is 37.8 Å². The lowest BCUT2D eigenvalue weighted by atomic mass is 9.78. The highest BCUT2D eigenvalue weighted by Gasteiger charge is 2.83. The Morgan fingerprint density at radius 1 is 0.750 bits per heavy atom. The smallest absolute Gasteiger partial charge is 0.377 e. The molecular weight excluding hydrogens is 538 g/mol. The van der Waals surface area contributed by atoms with Crippen LogP contribution in [-0.2, 0) is 20.2 Å². The molecular formula is C22H28F6O6S2. The van der Waals surface area contributed by atoms with Crippen LogP contribution >= 0.6 is 0 Å². The van der Waals surface area contributed by atoms with Gasteiger partial charge in [-0.05, 0) is 55.6 Å². The van der Waals surface area contributed by atoms with E-state index in [0.29, 0.717) is 31.2 Å². The van der Waals surface area contributed by atoms with Crippen molar-refractivity contribution in [2.24, 2.45) is 0 Å². The fourth-order valence-electron chi connectivity index (χ4n) is 5.01. The fourth-order valence-corrected chi connectivity index (χ4v) is 6.49. The first-order chi connectivity index (χ1) is 16.4. The maximum absolute atomic E-state index is 14.6. The third-order valence-electron chi connectivity index (χ3n) is 6.94. The molecule has 14 heteroatoms. The highest BCUT2D eigenvalue weighted by molar-refractivity contribution is 7.88. The van der Waals surface area contributed by atoms with Gasteiger partial charge >= 0.3 is 36.7 Å². The first-order valence-electron chi connectivity index (χ1n) is 11.6. The molecule has 2 saturated carbocycles. The maximum atomic E-state index is 14.6. The molecule has 2 fully saturated rings. The molecule has 0 aliphatic heterocycles. The first-order valence-corrected chi connectivity index (χ1v) is 14.5. The number of hydrogen-bond donors (Lipinski definition) is 1. The molecule has 1 aromatic rings. The Morgan fingerprint density at radius 2 is 1.14 bits per heavy atom. The van der Waals surface area contributed by atoms with E-state index in [9.17, 15) is 43.2 Å². The monoisotopic (exact) mass is 566 g/mol. The Labute approximate surface area is 206 Å². The van der Waals surface area contributed by atoms with Crippen molar-refractivity contribution >= 4 is 20.2 Å². The van der Waals surface area contributed by atoms with Gasteiger partial charge < -0.3 is 4.18 Å². The Balaban J connectivity index is 2.15. The minimum absolute atomic E-state index is 0.208. The summed E-state index contributed by atoms with van der Waals surface area (Å²) < 4.78 is 144. The van der Waals surface area contributed by atoms with Crippen molar-refractivity contribution in [1.82, 2.24) is 0 Å². The zero-order chi connectivity index (χ0) is 27.2. The van der Waals surface area contributed by atoms with E-state index in [1.807, 2.05) is 0 Å². The molecule has 0 saturated heterocycles. The largest absolute Gasteiger partial charge is 0.450 e. The minimum Gasteiger partial charge on any atom is -0.377 e. The van der Waals surface area contributed by atoms with Crippen molar-refractivity contribution in [1.29, 1.82) is 0 Å². The molecule has 0 radical (unpaired) electrons. The minimum atomic E-state index is -7.12. The summed E-state index contributed by atoms with van der Waals surface area (Å²) in [6, 6.07) is 3.02. The van der Waals surface area contributed by atoms with Gasteiger partial charge in [-0.15, -0.1) is 0 Å². The molecule has 1 aromatic carbocycles. The highest BCUT2D eigenvalue weighted by atomic mass is 32.2. The Hall–Kier alpha value is -1.54. The van der Waals surface area contributed by atoms with E-state index in [-0.39, 0.29) is 23.0 Å². The number of halogens is 6. The zero-order valence-electron chi connectivity index (χ0n) is 19.5. The van der Waals surface area contributed by atoms with Gasteiger partial charge in [-0.1, -0.05) is 56.2 Å². The van der Waals surface area contributed by atoms with Gasteiger partial charge in [-0.2, -0.15) is 43.2 Å².